The fourth-order valence-corrected chi connectivity index (χ4v) is 3.33. The number of carbonyl (C=O) groups excluding carboxylic acids is 1. The van der Waals surface area contributed by atoms with Gasteiger partial charge < -0.3 is 10.1 Å². The van der Waals surface area contributed by atoms with Gasteiger partial charge in [-0.05, 0) is 55.3 Å². The number of rotatable bonds is 4. The standard InChI is InChI=1S/C21H18ClF3N2O2/c1-11-6-16(17(22)9-19(11)29-3)12(2)27-20(28)14-7-13-4-5-15(21(23,24)25)8-18(13)26-10-14/h4-10,12H,1-3H3,(H,27,28). The van der Waals surface area contributed by atoms with E-state index in [2.05, 4.69) is 10.3 Å². The van der Waals surface area contributed by atoms with Crippen molar-refractivity contribution in [3.8, 4) is 5.75 Å². The van der Waals surface area contributed by atoms with Crippen molar-refractivity contribution in [2.24, 2.45) is 0 Å². The topological polar surface area (TPSA) is 51.2 Å². The number of halogens is 4. The number of nitrogens with zero attached hydrogens (tertiary/aromatic N) is 1. The van der Waals surface area contributed by atoms with E-state index < -0.39 is 23.7 Å². The number of alkyl halides is 3. The van der Waals surface area contributed by atoms with Crippen molar-refractivity contribution in [3.05, 3.63) is 69.9 Å². The van der Waals surface area contributed by atoms with Gasteiger partial charge in [-0.2, -0.15) is 13.2 Å². The molecule has 0 saturated carbocycles. The Kier molecular flexibility index (Phi) is 5.71. The second-order valence-corrected chi connectivity index (χ2v) is 7.07. The average molecular weight is 423 g/mol. The molecule has 0 bridgehead atoms. The van der Waals surface area contributed by atoms with Gasteiger partial charge in [0.05, 0.1) is 29.8 Å². The highest BCUT2D eigenvalue weighted by molar-refractivity contribution is 6.31. The van der Waals surface area contributed by atoms with Crippen LogP contribution in [0.15, 0.2) is 42.6 Å². The van der Waals surface area contributed by atoms with Crippen LogP contribution in [0.1, 0.15) is 40.0 Å². The predicted molar refractivity (Wildman–Crippen MR) is 105 cm³/mol. The summed E-state index contributed by atoms with van der Waals surface area (Å²) in [5, 5.41) is 3.73. The number of nitrogens with one attached hydrogen (secondary N) is 1. The van der Waals surface area contributed by atoms with E-state index in [4.69, 9.17) is 16.3 Å². The van der Waals surface area contributed by atoms with Crippen LogP contribution in [0.2, 0.25) is 5.02 Å². The van der Waals surface area contributed by atoms with E-state index in [1.165, 1.54) is 18.3 Å². The van der Waals surface area contributed by atoms with Crippen LogP contribution in [0.3, 0.4) is 0 Å². The first-order valence-corrected chi connectivity index (χ1v) is 9.10. The Morgan fingerprint density at radius 1 is 1.21 bits per heavy atom. The summed E-state index contributed by atoms with van der Waals surface area (Å²) in [7, 11) is 1.55. The number of amides is 1. The predicted octanol–water partition coefficient (Wildman–Crippen LogP) is 5.72. The third kappa shape index (κ3) is 4.45. The highest BCUT2D eigenvalue weighted by Gasteiger charge is 2.30. The van der Waals surface area contributed by atoms with E-state index in [-0.39, 0.29) is 11.1 Å². The number of hydrogen-bond acceptors (Lipinski definition) is 3. The number of benzene rings is 2. The molecule has 4 nitrogen and oxygen atoms in total. The minimum Gasteiger partial charge on any atom is -0.496 e. The third-order valence-electron chi connectivity index (χ3n) is 4.60. The second kappa shape index (κ2) is 7.91. The van der Waals surface area contributed by atoms with Crippen molar-refractivity contribution in [2.45, 2.75) is 26.1 Å². The van der Waals surface area contributed by atoms with Crippen LogP contribution < -0.4 is 10.1 Å². The summed E-state index contributed by atoms with van der Waals surface area (Å²) in [6.07, 6.45) is -3.19. The first kappa shape index (κ1) is 20.9. The quantitative estimate of drug-likeness (QED) is 0.585. The highest BCUT2D eigenvalue weighted by atomic mass is 35.5. The number of carbonyl (C=O) groups is 1. The lowest BCUT2D eigenvalue weighted by molar-refractivity contribution is -0.137. The van der Waals surface area contributed by atoms with Crippen LogP contribution in [0.4, 0.5) is 13.2 Å². The molecule has 0 fully saturated rings. The fourth-order valence-electron chi connectivity index (χ4n) is 3.02. The maximum Gasteiger partial charge on any atom is 0.416 e. The Hall–Kier alpha value is -2.80. The molecule has 3 rings (SSSR count). The molecule has 0 spiro atoms. The highest BCUT2D eigenvalue weighted by Crippen LogP contribution is 2.32. The number of methoxy groups -OCH3 is 1. The molecule has 0 radical (unpaired) electrons. The van der Waals surface area contributed by atoms with Gasteiger partial charge in [0, 0.05) is 16.6 Å². The van der Waals surface area contributed by atoms with Crippen molar-refractivity contribution in [1.82, 2.24) is 10.3 Å². The first-order valence-electron chi connectivity index (χ1n) is 8.72. The Bertz CT molecular complexity index is 1080. The van der Waals surface area contributed by atoms with Crippen molar-refractivity contribution >= 4 is 28.4 Å². The van der Waals surface area contributed by atoms with Crippen molar-refractivity contribution in [2.75, 3.05) is 7.11 Å². The summed E-state index contributed by atoms with van der Waals surface area (Å²) < 4.78 is 43.7. The largest absolute Gasteiger partial charge is 0.496 e. The summed E-state index contributed by atoms with van der Waals surface area (Å²) in [6, 6.07) is 7.85. The summed E-state index contributed by atoms with van der Waals surface area (Å²) in [5.74, 6) is 0.241. The van der Waals surface area contributed by atoms with Crippen LogP contribution in [0, 0.1) is 6.92 Å². The summed E-state index contributed by atoms with van der Waals surface area (Å²) in [4.78, 5) is 16.6. The number of ether oxygens (including phenoxy) is 1. The molecule has 0 saturated heterocycles. The minimum atomic E-state index is -4.45. The molecule has 0 aliphatic carbocycles. The van der Waals surface area contributed by atoms with Crippen LogP contribution >= 0.6 is 11.6 Å². The van der Waals surface area contributed by atoms with Gasteiger partial charge in [0.1, 0.15) is 5.75 Å². The Balaban J connectivity index is 1.83. The van der Waals surface area contributed by atoms with E-state index in [0.717, 1.165) is 23.3 Å². The molecule has 2 aromatic carbocycles. The minimum absolute atomic E-state index is 0.165. The summed E-state index contributed by atoms with van der Waals surface area (Å²) >= 11 is 6.30. The lowest BCUT2D eigenvalue weighted by atomic mass is 10.0. The lowest BCUT2D eigenvalue weighted by Gasteiger charge is -2.18. The molecule has 0 aliphatic rings. The molecule has 1 atom stereocenters. The molecular formula is C21H18ClF3N2O2. The smallest absolute Gasteiger partial charge is 0.416 e. The molecule has 1 amide bonds. The van der Waals surface area contributed by atoms with Crippen LogP contribution in [-0.4, -0.2) is 18.0 Å². The Morgan fingerprint density at radius 2 is 1.93 bits per heavy atom. The second-order valence-electron chi connectivity index (χ2n) is 6.67. The van der Waals surface area contributed by atoms with Gasteiger partial charge in [0.2, 0.25) is 0 Å². The van der Waals surface area contributed by atoms with Gasteiger partial charge in [0.15, 0.2) is 0 Å². The zero-order valence-corrected chi connectivity index (χ0v) is 16.7. The Morgan fingerprint density at radius 3 is 2.59 bits per heavy atom. The van der Waals surface area contributed by atoms with Gasteiger partial charge >= 0.3 is 6.18 Å². The number of fused-ring (bicyclic) bond motifs is 1. The van der Waals surface area contributed by atoms with Crippen molar-refractivity contribution in [1.29, 1.82) is 0 Å². The van der Waals surface area contributed by atoms with Gasteiger partial charge in [0.25, 0.3) is 5.91 Å². The van der Waals surface area contributed by atoms with E-state index in [1.807, 2.05) is 13.0 Å². The van der Waals surface area contributed by atoms with Gasteiger partial charge in [-0.25, -0.2) is 0 Å². The van der Waals surface area contributed by atoms with E-state index in [0.29, 0.717) is 16.2 Å². The van der Waals surface area contributed by atoms with Crippen LogP contribution in [0.5, 0.6) is 5.75 Å². The monoisotopic (exact) mass is 422 g/mol. The number of hydrogen-bond donors (Lipinski definition) is 1. The van der Waals surface area contributed by atoms with Crippen molar-refractivity contribution in [3.63, 3.8) is 0 Å². The van der Waals surface area contributed by atoms with E-state index in [1.54, 1.807) is 20.1 Å². The van der Waals surface area contributed by atoms with E-state index in [9.17, 15) is 18.0 Å². The SMILES string of the molecule is COc1cc(Cl)c(C(C)NC(=O)c2cnc3cc(C(F)(F)F)ccc3c2)cc1C. The molecule has 0 aliphatic heterocycles. The molecule has 29 heavy (non-hydrogen) atoms. The van der Waals surface area contributed by atoms with Gasteiger partial charge in [-0.3, -0.25) is 9.78 Å². The molecular weight excluding hydrogens is 405 g/mol. The van der Waals surface area contributed by atoms with E-state index >= 15 is 0 Å². The fraction of sp³-hybridized carbons (Fsp3) is 0.238. The first-order chi connectivity index (χ1) is 13.6. The number of aromatic nitrogens is 1. The molecule has 1 unspecified atom stereocenters. The Labute approximate surface area is 170 Å². The zero-order chi connectivity index (χ0) is 21.3. The number of aryl methyl sites for hydroxylation is 1. The molecule has 1 N–H and O–H groups in total. The third-order valence-corrected chi connectivity index (χ3v) is 4.93. The van der Waals surface area contributed by atoms with Crippen molar-refractivity contribution < 1.29 is 22.7 Å². The maximum atomic E-state index is 12.8. The zero-order valence-electron chi connectivity index (χ0n) is 15.9. The molecule has 3 aromatic rings. The molecule has 8 heteroatoms. The molecule has 152 valence electrons. The lowest BCUT2D eigenvalue weighted by Crippen LogP contribution is -2.27. The normalized spacial score (nSPS) is 12.7. The van der Waals surface area contributed by atoms with Gasteiger partial charge in [-0.15, -0.1) is 0 Å². The van der Waals surface area contributed by atoms with Crippen LogP contribution in [0.25, 0.3) is 10.9 Å². The molecule has 1 heterocycles. The molecule has 1 aromatic heterocycles. The average Bonchev–Trinajstić information content (AvgIpc) is 2.67. The summed E-state index contributed by atoms with van der Waals surface area (Å²) in [6.45, 7) is 3.66. The number of pyridine rings is 1. The maximum absolute atomic E-state index is 12.8. The van der Waals surface area contributed by atoms with Gasteiger partial charge in [-0.1, -0.05) is 17.7 Å². The summed E-state index contributed by atoms with van der Waals surface area (Å²) in [5.41, 5.74) is 1.22. The van der Waals surface area contributed by atoms with Crippen LogP contribution in [-0.2, 0) is 6.18 Å².